The molecule has 3 aromatic rings. The van der Waals surface area contributed by atoms with E-state index in [0.717, 1.165) is 29.8 Å². The zero-order valence-electron chi connectivity index (χ0n) is 24.0. The number of para-hydroxylation sites is 1. The van der Waals surface area contributed by atoms with E-state index in [1.165, 1.54) is 5.56 Å². The summed E-state index contributed by atoms with van der Waals surface area (Å²) in [6.07, 6.45) is -0.723. The summed E-state index contributed by atoms with van der Waals surface area (Å²) >= 11 is 0. The molecule has 1 fully saturated rings. The number of hydrogen-bond acceptors (Lipinski definition) is 6. The minimum Gasteiger partial charge on any atom is -0.394 e. The van der Waals surface area contributed by atoms with Crippen molar-refractivity contribution in [2.75, 3.05) is 31.6 Å². The number of hydroxylamine groups is 2. The molecule has 1 saturated heterocycles. The molecular formula is C33H43N3O4. The van der Waals surface area contributed by atoms with Gasteiger partial charge in [-0.05, 0) is 42.2 Å². The predicted octanol–water partition coefficient (Wildman–Crippen LogP) is 4.13. The summed E-state index contributed by atoms with van der Waals surface area (Å²) in [5.74, 6) is -0.758. The second-order valence-electron chi connectivity index (χ2n) is 11.3. The number of nitrogens with one attached hydrogen (secondary N) is 1. The van der Waals surface area contributed by atoms with Gasteiger partial charge in [-0.2, -0.15) is 5.06 Å². The van der Waals surface area contributed by atoms with Gasteiger partial charge >= 0.3 is 0 Å². The van der Waals surface area contributed by atoms with Gasteiger partial charge in [0.15, 0.2) is 0 Å². The molecule has 4 rings (SSSR count). The average Bonchev–Trinajstić information content (AvgIpc) is 3.34. The summed E-state index contributed by atoms with van der Waals surface area (Å²) in [5, 5.41) is 25.3. The number of carbonyl (C=O) groups excluding carboxylic acids is 1. The van der Waals surface area contributed by atoms with Crippen LogP contribution in [0.4, 0.5) is 5.69 Å². The van der Waals surface area contributed by atoms with Crippen molar-refractivity contribution >= 4 is 11.6 Å². The normalized spacial score (nSPS) is 20.3. The molecule has 1 amide bonds. The third-order valence-corrected chi connectivity index (χ3v) is 8.03. The van der Waals surface area contributed by atoms with Gasteiger partial charge in [0.05, 0.1) is 19.3 Å². The molecule has 1 aliphatic rings. The number of anilines is 1. The van der Waals surface area contributed by atoms with Crippen molar-refractivity contribution < 1.29 is 19.8 Å². The van der Waals surface area contributed by atoms with Crippen molar-refractivity contribution in [2.24, 2.45) is 5.92 Å². The van der Waals surface area contributed by atoms with E-state index in [1.807, 2.05) is 55.6 Å². The maximum absolute atomic E-state index is 13.5. The quantitative estimate of drug-likeness (QED) is 0.297. The number of aliphatic hydroxyl groups excluding tert-OH is 2. The molecule has 0 saturated carbocycles. The monoisotopic (exact) mass is 545 g/mol. The van der Waals surface area contributed by atoms with E-state index in [-0.39, 0.29) is 17.9 Å². The van der Waals surface area contributed by atoms with Crippen LogP contribution in [-0.2, 0) is 21.6 Å². The Morgan fingerprint density at radius 1 is 1.02 bits per heavy atom. The molecule has 7 nitrogen and oxygen atoms in total. The lowest BCUT2D eigenvalue weighted by molar-refractivity contribution is -0.181. The molecule has 7 heteroatoms. The van der Waals surface area contributed by atoms with Crippen molar-refractivity contribution in [3.63, 3.8) is 0 Å². The zero-order chi connectivity index (χ0) is 28.7. The molecule has 0 spiro atoms. The largest absolute Gasteiger partial charge is 0.394 e. The smallest absolute Gasteiger partial charge is 0.240 e. The molecule has 0 bridgehead atoms. The van der Waals surface area contributed by atoms with Crippen LogP contribution in [0.1, 0.15) is 43.9 Å². The first-order valence-corrected chi connectivity index (χ1v) is 14.1. The van der Waals surface area contributed by atoms with Crippen LogP contribution in [0, 0.1) is 5.92 Å². The number of amides is 1. The molecule has 1 heterocycles. The number of benzene rings is 3. The molecule has 40 heavy (non-hydrogen) atoms. The molecule has 1 unspecified atom stereocenters. The van der Waals surface area contributed by atoms with Crippen LogP contribution >= 0.6 is 0 Å². The van der Waals surface area contributed by atoms with E-state index in [9.17, 15) is 15.0 Å². The molecule has 214 valence electrons. The Labute approximate surface area is 238 Å². The second kappa shape index (κ2) is 13.4. The SMILES string of the molecule is CC(O)[C@H]1[C@@H](CO)ON(Cc2cccc(C(C)(C)c3ccccc3)c2)[C@H]1C(=O)NCCCN(C)c1ccccc1. The maximum Gasteiger partial charge on any atom is 0.240 e. The number of carbonyl (C=O) groups is 1. The first-order chi connectivity index (χ1) is 19.2. The Kier molecular flexibility index (Phi) is 9.98. The first-order valence-electron chi connectivity index (χ1n) is 14.1. The summed E-state index contributed by atoms with van der Waals surface area (Å²) in [6.45, 7) is 7.41. The summed E-state index contributed by atoms with van der Waals surface area (Å²) in [6, 6.07) is 28.1. The average molecular weight is 546 g/mol. The van der Waals surface area contributed by atoms with Crippen LogP contribution in [0.2, 0.25) is 0 Å². The molecule has 3 N–H and O–H groups in total. The van der Waals surface area contributed by atoms with Gasteiger partial charge in [0.1, 0.15) is 12.1 Å². The Bertz CT molecular complexity index is 1220. The van der Waals surface area contributed by atoms with Gasteiger partial charge in [-0.15, -0.1) is 0 Å². The number of nitrogens with zero attached hydrogens (tertiary/aromatic N) is 2. The van der Waals surface area contributed by atoms with E-state index in [2.05, 4.69) is 60.5 Å². The highest BCUT2D eigenvalue weighted by molar-refractivity contribution is 5.82. The Balaban J connectivity index is 1.46. The fourth-order valence-corrected chi connectivity index (χ4v) is 5.58. The fourth-order valence-electron chi connectivity index (χ4n) is 5.58. The molecule has 0 aliphatic carbocycles. The van der Waals surface area contributed by atoms with Crippen molar-refractivity contribution in [2.45, 2.75) is 57.4 Å². The van der Waals surface area contributed by atoms with E-state index >= 15 is 0 Å². The van der Waals surface area contributed by atoms with Gasteiger partial charge in [-0.3, -0.25) is 9.63 Å². The van der Waals surface area contributed by atoms with E-state index < -0.39 is 24.2 Å². The summed E-state index contributed by atoms with van der Waals surface area (Å²) < 4.78 is 0. The van der Waals surface area contributed by atoms with Crippen LogP contribution in [0.3, 0.4) is 0 Å². The molecule has 3 aromatic carbocycles. The van der Waals surface area contributed by atoms with E-state index in [1.54, 1.807) is 12.0 Å². The topological polar surface area (TPSA) is 85.3 Å². The van der Waals surface area contributed by atoms with E-state index in [4.69, 9.17) is 4.84 Å². The van der Waals surface area contributed by atoms with E-state index in [0.29, 0.717) is 13.1 Å². The van der Waals surface area contributed by atoms with Gasteiger partial charge in [0, 0.05) is 37.2 Å². The molecule has 0 radical (unpaired) electrons. The van der Waals surface area contributed by atoms with Crippen LogP contribution in [0.5, 0.6) is 0 Å². The predicted molar refractivity (Wildman–Crippen MR) is 159 cm³/mol. The highest BCUT2D eigenvalue weighted by Gasteiger charge is 2.49. The minimum atomic E-state index is -0.828. The highest BCUT2D eigenvalue weighted by Crippen LogP contribution is 2.34. The standard InChI is InChI=1S/C33H43N3O4/c1-24(38)30-29(23-37)40-36(31(30)32(39)34-19-12-20-35(4)28-17-9-6-10-18-28)22-25-13-11-16-27(21-25)33(2,3)26-14-7-5-8-15-26/h5-11,13-18,21,24,29-31,37-38H,12,19-20,22-23H2,1-4H3,(H,34,39)/t24?,29-,30+,31-/m1/s1. The van der Waals surface area contributed by atoms with Crippen molar-refractivity contribution in [3.8, 4) is 0 Å². The van der Waals surface area contributed by atoms with Gasteiger partial charge in [-0.1, -0.05) is 86.6 Å². The fraction of sp³-hybridized carbons (Fsp3) is 0.424. The number of hydrogen-bond donors (Lipinski definition) is 3. The van der Waals surface area contributed by atoms with Gasteiger partial charge in [-0.25, -0.2) is 0 Å². The summed E-state index contributed by atoms with van der Waals surface area (Å²) in [7, 11) is 2.03. The van der Waals surface area contributed by atoms with Gasteiger partial charge < -0.3 is 20.4 Å². The first kappa shape index (κ1) is 29.7. The second-order valence-corrected chi connectivity index (χ2v) is 11.3. The lowest BCUT2D eigenvalue weighted by atomic mass is 9.78. The van der Waals surface area contributed by atoms with Crippen molar-refractivity contribution in [1.29, 1.82) is 0 Å². The maximum atomic E-state index is 13.5. The summed E-state index contributed by atoms with van der Waals surface area (Å²) in [4.78, 5) is 21.8. The van der Waals surface area contributed by atoms with Crippen LogP contribution < -0.4 is 10.2 Å². The number of rotatable bonds is 12. The van der Waals surface area contributed by atoms with Crippen LogP contribution in [0.15, 0.2) is 84.9 Å². The van der Waals surface area contributed by atoms with Gasteiger partial charge in [0.2, 0.25) is 5.91 Å². The minimum absolute atomic E-state index is 0.204. The molecule has 1 aliphatic heterocycles. The van der Waals surface area contributed by atoms with Crippen LogP contribution in [-0.4, -0.2) is 66.2 Å². The molecular weight excluding hydrogens is 502 g/mol. The van der Waals surface area contributed by atoms with Crippen molar-refractivity contribution in [1.82, 2.24) is 10.4 Å². The Hall–Kier alpha value is -3.23. The summed E-state index contributed by atoms with van der Waals surface area (Å²) in [5.41, 5.74) is 4.29. The lowest BCUT2D eigenvalue weighted by Crippen LogP contribution is -2.49. The zero-order valence-corrected chi connectivity index (χ0v) is 24.0. The van der Waals surface area contributed by atoms with Crippen LogP contribution in [0.25, 0.3) is 0 Å². The Morgan fingerprint density at radius 3 is 2.33 bits per heavy atom. The lowest BCUT2D eigenvalue weighted by Gasteiger charge is -2.28. The third kappa shape index (κ3) is 6.91. The Morgan fingerprint density at radius 2 is 1.68 bits per heavy atom. The highest BCUT2D eigenvalue weighted by atomic mass is 16.7. The molecule has 0 aromatic heterocycles. The van der Waals surface area contributed by atoms with Gasteiger partial charge in [0.25, 0.3) is 0 Å². The van der Waals surface area contributed by atoms with Crippen molar-refractivity contribution in [3.05, 3.63) is 102 Å². The molecule has 4 atom stereocenters. The number of aliphatic hydroxyl groups is 2. The third-order valence-electron chi connectivity index (χ3n) is 8.03.